The molecule has 0 aromatic heterocycles. The average molecular weight is 213 g/mol. The highest BCUT2D eigenvalue weighted by Crippen LogP contribution is 2.32. The summed E-state index contributed by atoms with van der Waals surface area (Å²) < 4.78 is 5.41. The number of urea groups is 1. The SMILES string of the molecule is CCO[C@@H]1C[C@@H]2C(=O)N(C)C(=O)N(C)N21. The Morgan fingerprint density at radius 3 is 2.67 bits per heavy atom. The van der Waals surface area contributed by atoms with Crippen molar-refractivity contribution in [3.8, 4) is 0 Å². The van der Waals surface area contributed by atoms with Gasteiger partial charge in [-0.1, -0.05) is 0 Å². The Morgan fingerprint density at radius 1 is 1.40 bits per heavy atom. The summed E-state index contributed by atoms with van der Waals surface area (Å²) in [7, 11) is 3.16. The molecule has 0 bridgehead atoms. The van der Waals surface area contributed by atoms with Crippen molar-refractivity contribution in [1.29, 1.82) is 0 Å². The predicted octanol–water partition coefficient (Wildman–Crippen LogP) is -0.138. The maximum Gasteiger partial charge on any atom is 0.340 e. The smallest absolute Gasteiger partial charge is 0.340 e. The van der Waals surface area contributed by atoms with Crippen molar-refractivity contribution >= 4 is 11.9 Å². The third kappa shape index (κ3) is 1.32. The minimum atomic E-state index is -0.305. The molecule has 0 aromatic carbocycles. The molecule has 2 aliphatic heterocycles. The lowest BCUT2D eigenvalue weighted by Crippen LogP contribution is -2.74. The Labute approximate surface area is 88.3 Å². The molecule has 0 spiro atoms. The van der Waals surface area contributed by atoms with Gasteiger partial charge in [0.15, 0.2) is 0 Å². The van der Waals surface area contributed by atoms with Gasteiger partial charge in [0.2, 0.25) is 5.91 Å². The molecule has 2 rings (SSSR count). The molecular formula is C9H15N3O3. The maximum atomic E-state index is 11.7. The summed E-state index contributed by atoms with van der Waals surface area (Å²) in [5.74, 6) is -0.144. The van der Waals surface area contributed by atoms with Gasteiger partial charge >= 0.3 is 6.03 Å². The zero-order valence-electron chi connectivity index (χ0n) is 9.14. The minimum Gasteiger partial charge on any atom is -0.362 e. The summed E-state index contributed by atoms with van der Waals surface area (Å²) in [4.78, 5) is 24.4. The lowest BCUT2D eigenvalue weighted by Gasteiger charge is -2.54. The molecule has 0 N–H and O–H groups in total. The number of rotatable bonds is 2. The van der Waals surface area contributed by atoms with Gasteiger partial charge in [-0.3, -0.25) is 14.7 Å². The minimum absolute atomic E-state index is 0.133. The van der Waals surface area contributed by atoms with E-state index in [4.69, 9.17) is 4.74 Å². The number of amides is 3. The number of hydrogen-bond acceptors (Lipinski definition) is 4. The molecule has 2 atom stereocenters. The van der Waals surface area contributed by atoms with Crippen LogP contribution in [-0.2, 0) is 9.53 Å². The van der Waals surface area contributed by atoms with Gasteiger partial charge in [0.05, 0.1) is 0 Å². The van der Waals surface area contributed by atoms with Gasteiger partial charge in [0.1, 0.15) is 12.3 Å². The van der Waals surface area contributed by atoms with E-state index >= 15 is 0 Å². The first-order valence-corrected chi connectivity index (χ1v) is 5.03. The number of hydrazine groups is 1. The number of nitrogens with zero attached hydrogens (tertiary/aromatic N) is 3. The van der Waals surface area contributed by atoms with Crippen LogP contribution in [-0.4, -0.2) is 59.8 Å². The zero-order valence-corrected chi connectivity index (χ0v) is 9.14. The molecule has 2 heterocycles. The fourth-order valence-electron chi connectivity index (χ4n) is 2.06. The Kier molecular flexibility index (Phi) is 2.40. The van der Waals surface area contributed by atoms with E-state index in [2.05, 4.69) is 0 Å². The van der Waals surface area contributed by atoms with E-state index in [1.165, 1.54) is 12.1 Å². The quantitative estimate of drug-likeness (QED) is 0.640. The maximum absolute atomic E-state index is 11.7. The van der Waals surface area contributed by atoms with Crippen molar-refractivity contribution in [1.82, 2.24) is 14.9 Å². The van der Waals surface area contributed by atoms with Gasteiger partial charge in [-0.25, -0.2) is 4.79 Å². The lowest BCUT2D eigenvalue weighted by atomic mass is 10.0. The lowest BCUT2D eigenvalue weighted by molar-refractivity contribution is -0.241. The molecule has 0 unspecified atom stereocenters. The van der Waals surface area contributed by atoms with E-state index in [0.717, 1.165) is 4.90 Å². The third-order valence-corrected chi connectivity index (χ3v) is 2.92. The Balaban J connectivity index is 2.14. The van der Waals surface area contributed by atoms with Gasteiger partial charge in [-0.15, -0.1) is 0 Å². The first-order valence-electron chi connectivity index (χ1n) is 5.03. The summed E-state index contributed by atoms with van der Waals surface area (Å²) in [6.07, 6.45) is 0.529. The van der Waals surface area contributed by atoms with Crippen LogP contribution in [0.5, 0.6) is 0 Å². The number of carbonyl (C=O) groups is 2. The molecule has 2 fully saturated rings. The summed E-state index contributed by atoms with van der Waals surface area (Å²) in [6.45, 7) is 2.48. The van der Waals surface area contributed by atoms with Crippen LogP contribution in [0.4, 0.5) is 4.79 Å². The van der Waals surface area contributed by atoms with Gasteiger partial charge in [-0.2, -0.15) is 5.01 Å². The summed E-state index contributed by atoms with van der Waals surface area (Å²) >= 11 is 0. The van der Waals surface area contributed by atoms with Gasteiger partial charge in [0.25, 0.3) is 0 Å². The Morgan fingerprint density at radius 2 is 2.07 bits per heavy atom. The molecule has 0 radical (unpaired) electrons. The number of likely N-dealkylation sites (N-methyl/N-ethyl adjacent to an activating group) is 1. The van der Waals surface area contributed by atoms with Crippen molar-refractivity contribution in [3.63, 3.8) is 0 Å². The molecule has 15 heavy (non-hydrogen) atoms. The molecule has 6 heteroatoms. The van der Waals surface area contributed by atoms with E-state index in [1.807, 2.05) is 6.92 Å². The van der Waals surface area contributed by atoms with Crippen molar-refractivity contribution in [3.05, 3.63) is 0 Å². The van der Waals surface area contributed by atoms with Crippen LogP contribution in [0, 0.1) is 0 Å². The van der Waals surface area contributed by atoms with Crippen molar-refractivity contribution in [2.24, 2.45) is 0 Å². The Hall–Kier alpha value is -1.14. The van der Waals surface area contributed by atoms with E-state index in [0.29, 0.717) is 13.0 Å². The van der Waals surface area contributed by atoms with Crippen molar-refractivity contribution in [2.45, 2.75) is 25.6 Å². The predicted molar refractivity (Wildman–Crippen MR) is 51.6 cm³/mol. The van der Waals surface area contributed by atoms with Crippen LogP contribution in [0.15, 0.2) is 0 Å². The van der Waals surface area contributed by atoms with Gasteiger partial charge < -0.3 is 4.74 Å². The molecule has 6 nitrogen and oxygen atoms in total. The van der Waals surface area contributed by atoms with Crippen LogP contribution >= 0.6 is 0 Å². The highest BCUT2D eigenvalue weighted by molar-refractivity contribution is 5.99. The number of imide groups is 1. The molecule has 2 aliphatic rings. The average Bonchev–Trinajstić information content (AvgIpc) is 2.18. The van der Waals surface area contributed by atoms with E-state index in [-0.39, 0.29) is 24.2 Å². The second kappa shape index (κ2) is 3.46. The second-order valence-electron chi connectivity index (χ2n) is 3.74. The fraction of sp³-hybridized carbons (Fsp3) is 0.778. The third-order valence-electron chi connectivity index (χ3n) is 2.92. The van der Waals surface area contributed by atoms with E-state index in [1.54, 1.807) is 12.1 Å². The molecular weight excluding hydrogens is 198 g/mol. The molecule has 0 aliphatic carbocycles. The van der Waals surface area contributed by atoms with Crippen LogP contribution in [0.3, 0.4) is 0 Å². The second-order valence-corrected chi connectivity index (χ2v) is 3.74. The summed E-state index contributed by atoms with van der Waals surface area (Å²) in [5, 5.41) is 3.16. The topological polar surface area (TPSA) is 53.1 Å². The number of fused-ring (bicyclic) bond motifs is 1. The van der Waals surface area contributed by atoms with Gasteiger partial charge in [-0.05, 0) is 6.92 Å². The zero-order chi connectivity index (χ0) is 11.2. The molecule has 84 valence electrons. The largest absolute Gasteiger partial charge is 0.362 e. The normalized spacial score (nSPS) is 31.7. The molecule has 0 aromatic rings. The van der Waals surface area contributed by atoms with E-state index < -0.39 is 0 Å². The highest BCUT2D eigenvalue weighted by Gasteiger charge is 2.53. The summed E-state index contributed by atoms with van der Waals surface area (Å²) in [6, 6.07) is -0.532. The standard InChI is InChI=1S/C9H15N3O3/c1-4-15-7-5-6-8(13)10(2)9(14)11(3)12(6)7/h6-7H,4-5H2,1-3H3/t6-,7-/m1/s1. The summed E-state index contributed by atoms with van der Waals surface area (Å²) in [5.41, 5.74) is 0. The molecule has 2 saturated heterocycles. The van der Waals surface area contributed by atoms with Gasteiger partial charge in [0, 0.05) is 27.1 Å². The Bertz CT molecular complexity index is 289. The number of carbonyl (C=O) groups excluding carboxylic acids is 2. The van der Waals surface area contributed by atoms with Crippen LogP contribution in [0.25, 0.3) is 0 Å². The van der Waals surface area contributed by atoms with Crippen molar-refractivity contribution in [2.75, 3.05) is 20.7 Å². The van der Waals surface area contributed by atoms with Crippen LogP contribution < -0.4 is 0 Å². The van der Waals surface area contributed by atoms with Crippen LogP contribution in [0.2, 0.25) is 0 Å². The molecule has 3 amide bonds. The monoisotopic (exact) mass is 213 g/mol. The van der Waals surface area contributed by atoms with Crippen LogP contribution in [0.1, 0.15) is 13.3 Å². The first-order chi connectivity index (χ1) is 7.07. The van der Waals surface area contributed by atoms with Crippen molar-refractivity contribution < 1.29 is 14.3 Å². The van der Waals surface area contributed by atoms with E-state index in [9.17, 15) is 9.59 Å². The first kappa shape index (κ1) is 10.4. The number of ether oxygens (including phenoxy) is 1. The number of hydrogen-bond donors (Lipinski definition) is 0. The molecule has 0 saturated carbocycles. The highest BCUT2D eigenvalue weighted by atomic mass is 16.5. The fourth-order valence-corrected chi connectivity index (χ4v) is 2.06.